The molecule has 1 aliphatic rings. The van der Waals surface area contributed by atoms with Crippen LogP contribution in [0, 0.1) is 6.92 Å². The molecule has 5 nitrogen and oxygen atoms in total. The lowest BCUT2D eigenvalue weighted by atomic mass is 10.2. The summed E-state index contributed by atoms with van der Waals surface area (Å²) in [4.78, 5) is 25.4. The molecule has 1 aliphatic heterocycles. The highest BCUT2D eigenvalue weighted by molar-refractivity contribution is 5.90. The van der Waals surface area contributed by atoms with Gasteiger partial charge < -0.3 is 14.6 Å². The fourth-order valence-electron chi connectivity index (χ4n) is 2.23. The van der Waals surface area contributed by atoms with Crippen LogP contribution in [0.5, 0.6) is 0 Å². The van der Waals surface area contributed by atoms with Crippen LogP contribution in [0.2, 0.25) is 0 Å². The summed E-state index contributed by atoms with van der Waals surface area (Å²) in [6.45, 7) is 6.16. The highest BCUT2D eigenvalue weighted by Gasteiger charge is 2.36. The van der Waals surface area contributed by atoms with Crippen LogP contribution < -0.4 is 5.32 Å². The lowest BCUT2D eigenvalue weighted by molar-refractivity contribution is -0.135. The molecule has 19 heavy (non-hydrogen) atoms. The summed E-state index contributed by atoms with van der Waals surface area (Å²) in [6.07, 6.45) is 2.59. The third kappa shape index (κ3) is 3.05. The quantitative estimate of drug-likeness (QED) is 0.815. The van der Waals surface area contributed by atoms with Crippen LogP contribution in [0.15, 0.2) is 29.2 Å². The number of amides is 2. The number of nitrogens with one attached hydrogen (secondary N) is 1. The fraction of sp³-hybridized carbons (Fsp3) is 0.429. The Hall–Kier alpha value is -2.04. The normalized spacial score (nSPS) is 18.7. The van der Waals surface area contributed by atoms with Gasteiger partial charge in [-0.25, -0.2) is 0 Å². The van der Waals surface area contributed by atoms with Crippen LogP contribution in [-0.4, -0.2) is 29.3 Å². The molecule has 2 amide bonds. The standard InChI is InChI=1S/C14H18N2O3/c1-3-8-15-14(18)12-6-7-13(17)16(12)9-11-5-4-10(2)19-11/h3-5,12H,1,6-9H2,2H3,(H,15,18)/t12-/m1/s1. The molecule has 1 aromatic heterocycles. The topological polar surface area (TPSA) is 62.6 Å². The van der Waals surface area contributed by atoms with Gasteiger partial charge in [0, 0.05) is 13.0 Å². The van der Waals surface area contributed by atoms with Crippen molar-refractivity contribution < 1.29 is 14.0 Å². The second kappa shape index (κ2) is 5.73. The first-order valence-corrected chi connectivity index (χ1v) is 6.35. The van der Waals surface area contributed by atoms with Gasteiger partial charge in [0.2, 0.25) is 11.8 Å². The van der Waals surface area contributed by atoms with Crippen molar-refractivity contribution in [2.45, 2.75) is 32.4 Å². The van der Waals surface area contributed by atoms with Crippen molar-refractivity contribution in [2.24, 2.45) is 0 Å². The second-order valence-electron chi connectivity index (χ2n) is 4.62. The molecule has 2 rings (SSSR count). The number of carbonyl (C=O) groups excluding carboxylic acids is 2. The minimum Gasteiger partial charge on any atom is -0.464 e. The van der Waals surface area contributed by atoms with Crippen LogP contribution in [0.25, 0.3) is 0 Å². The molecule has 1 atom stereocenters. The minimum atomic E-state index is -0.405. The monoisotopic (exact) mass is 262 g/mol. The van der Waals surface area contributed by atoms with Gasteiger partial charge in [-0.05, 0) is 25.5 Å². The van der Waals surface area contributed by atoms with Crippen molar-refractivity contribution in [3.8, 4) is 0 Å². The number of nitrogens with zero attached hydrogens (tertiary/aromatic N) is 1. The smallest absolute Gasteiger partial charge is 0.243 e. The number of hydrogen-bond donors (Lipinski definition) is 1. The Morgan fingerprint density at radius 2 is 2.42 bits per heavy atom. The number of carbonyl (C=O) groups is 2. The summed E-state index contributed by atoms with van der Waals surface area (Å²) in [7, 11) is 0. The summed E-state index contributed by atoms with van der Waals surface area (Å²) in [5.74, 6) is 1.37. The maximum atomic E-state index is 12.0. The van der Waals surface area contributed by atoms with Crippen molar-refractivity contribution in [1.82, 2.24) is 10.2 Å². The minimum absolute atomic E-state index is 0.00666. The molecule has 0 spiro atoms. The third-order valence-corrected chi connectivity index (χ3v) is 3.17. The summed E-state index contributed by atoms with van der Waals surface area (Å²) < 4.78 is 5.46. The Balaban J connectivity index is 2.04. The van der Waals surface area contributed by atoms with E-state index in [2.05, 4.69) is 11.9 Å². The van der Waals surface area contributed by atoms with E-state index in [4.69, 9.17) is 4.42 Å². The zero-order chi connectivity index (χ0) is 13.8. The van der Waals surface area contributed by atoms with Gasteiger partial charge >= 0.3 is 0 Å². The fourth-order valence-corrected chi connectivity index (χ4v) is 2.23. The van der Waals surface area contributed by atoms with E-state index in [0.29, 0.717) is 31.7 Å². The van der Waals surface area contributed by atoms with Gasteiger partial charge in [-0.15, -0.1) is 6.58 Å². The summed E-state index contributed by atoms with van der Waals surface area (Å²) in [6, 6.07) is 3.28. The predicted molar refractivity (Wildman–Crippen MR) is 70.2 cm³/mol. The SMILES string of the molecule is C=CCNC(=O)[C@H]1CCC(=O)N1Cc1ccc(C)o1. The molecule has 0 aliphatic carbocycles. The second-order valence-corrected chi connectivity index (χ2v) is 4.62. The van der Waals surface area contributed by atoms with E-state index in [1.807, 2.05) is 19.1 Å². The molecule has 0 radical (unpaired) electrons. The van der Waals surface area contributed by atoms with Gasteiger partial charge in [0.05, 0.1) is 6.54 Å². The van der Waals surface area contributed by atoms with E-state index < -0.39 is 6.04 Å². The van der Waals surface area contributed by atoms with E-state index in [0.717, 1.165) is 5.76 Å². The maximum absolute atomic E-state index is 12.0. The van der Waals surface area contributed by atoms with E-state index in [9.17, 15) is 9.59 Å². The number of rotatable bonds is 5. The first-order valence-electron chi connectivity index (χ1n) is 6.35. The van der Waals surface area contributed by atoms with Gasteiger partial charge in [-0.3, -0.25) is 9.59 Å². The zero-order valence-corrected chi connectivity index (χ0v) is 11.0. The number of hydrogen-bond acceptors (Lipinski definition) is 3. The van der Waals surface area contributed by atoms with Crippen LogP contribution in [0.3, 0.4) is 0 Å². The van der Waals surface area contributed by atoms with Gasteiger partial charge in [-0.1, -0.05) is 6.08 Å². The zero-order valence-electron chi connectivity index (χ0n) is 11.0. The highest BCUT2D eigenvalue weighted by Crippen LogP contribution is 2.22. The first kappa shape index (κ1) is 13.4. The molecule has 5 heteroatoms. The van der Waals surface area contributed by atoms with Crippen molar-refractivity contribution in [3.05, 3.63) is 36.3 Å². The van der Waals surface area contributed by atoms with Crippen molar-refractivity contribution in [1.29, 1.82) is 0 Å². The van der Waals surface area contributed by atoms with E-state index >= 15 is 0 Å². The van der Waals surface area contributed by atoms with Crippen molar-refractivity contribution in [3.63, 3.8) is 0 Å². The maximum Gasteiger partial charge on any atom is 0.243 e. The highest BCUT2D eigenvalue weighted by atomic mass is 16.3. The molecule has 2 heterocycles. The molecule has 1 aromatic rings. The predicted octanol–water partition coefficient (Wildman–Crippen LogP) is 1.38. The third-order valence-electron chi connectivity index (χ3n) is 3.17. The average molecular weight is 262 g/mol. The lowest BCUT2D eigenvalue weighted by Gasteiger charge is -2.22. The Morgan fingerprint density at radius 3 is 3.05 bits per heavy atom. The number of likely N-dealkylation sites (tertiary alicyclic amines) is 1. The molecule has 1 saturated heterocycles. The average Bonchev–Trinajstić information content (AvgIpc) is 2.95. The molecule has 102 valence electrons. The van der Waals surface area contributed by atoms with Crippen LogP contribution in [-0.2, 0) is 16.1 Å². The van der Waals surface area contributed by atoms with Crippen molar-refractivity contribution in [2.75, 3.05) is 6.54 Å². The summed E-state index contributed by atoms with van der Waals surface area (Å²) >= 11 is 0. The van der Waals surface area contributed by atoms with Gasteiger partial charge in [0.25, 0.3) is 0 Å². The lowest BCUT2D eigenvalue weighted by Crippen LogP contribution is -2.44. The molecular formula is C14H18N2O3. The van der Waals surface area contributed by atoms with Gasteiger partial charge in [-0.2, -0.15) is 0 Å². The number of aryl methyl sites for hydroxylation is 1. The van der Waals surface area contributed by atoms with Crippen molar-refractivity contribution >= 4 is 11.8 Å². The van der Waals surface area contributed by atoms with Crippen LogP contribution in [0.4, 0.5) is 0 Å². The molecule has 1 fully saturated rings. The summed E-state index contributed by atoms with van der Waals surface area (Å²) in [5.41, 5.74) is 0. The molecule has 0 aromatic carbocycles. The molecule has 1 N–H and O–H groups in total. The largest absolute Gasteiger partial charge is 0.464 e. The van der Waals surface area contributed by atoms with Gasteiger partial charge in [0.15, 0.2) is 0 Å². The first-order chi connectivity index (χ1) is 9.11. The van der Waals surface area contributed by atoms with E-state index in [-0.39, 0.29) is 11.8 Å². The van der Waals surface area contributed by atoms with Gasteiger partial charge in [0.1, 0.15) is 17.6 Å². The Labute approximate surface area is 112 Å². The van der Waals surface area contributed by atoms with E-state index in [1.165, 1.54) is 0 Å². The Morgan fingerprint density at radius 1 is 1.63 bits per heavy atom. The molecular weight excluding hydrogens is 244 g/mol. The van der Waals surface area contributed by atoms with Crippen LogP contribution in [0.1, 0.15) is 24.4 Å². The number of furan rings is 1. The van der Waals surface area contributed by atoms with E-state index in [1.54, 1.807) is 11.0 Å². The Kier molecular flexibility index (Phi) is 4.04. The van der Waals surface area contributed by atoms with Crippen LogP contribution >= 0.6 is 0 Å². The summed E-state index contributed by atoms with van der Waals surface area (Å²) in [5, 5.41) is 2.73. The molecule has 0 bridgehead atoms. The molecule has 0 saturated carbocycles. The molecule has 0 unspecified atom stereocenters. The Bertz CT molecular complexity index is 493.